The maximum atomic E-state index is 11.6. The van der Waals surface area contributed by atoms with Crippen LogP contribution in [0.2, 0.25) is 0 Å². The van der Waals surface area contributed by atoms with Crippen LogP contribution in [0.3, 0.4) is 0 Å². The van der Waals surface area contributed by atoms with Gasteiger partial charge in [0, 0.05) is 17.2 Å². The zero-order valence-corrected chi connectivity index (χ0v) is 10.8. The molecule has 2 saturated carbocycles. The number of rotatable bonds is 1. The molecule has 15 heavy (non-hydrogen) atoms. The monoisotopic (exact) mass is 284 g/mol. The second kappa shape index (κ2) is 3.70. The summed E-state index contributed by atoms with van der Waals surface area (Å²) in [6.45, 7) is 0. The lowest BCUT2D eigenvalue weighted by Gasteiger charge is -2.44. The Bertz CT molecular complexity index is 398. The van der Waals surface area contributed by atoms with Gasteiger partial charge in [-0.25, -0.2) is 0 Å². The van der Waals surface area contributed by atoms with Crippen LogP contribution in [0.15, 0.2) is 15.9 Å². The molecule has 2 fully saturated rings. The fourth-order valence-electron chi connectivity index (χ4n) is 2.99. The predicted octanol–water partition coefficient (Wildman–Crippen LogP) is 3.98. The van der Waals surface area contributed by atoms with Gasteiger partial charge < -0.3 is 0 Å². The van der Waals surface area contributed by atoms with E-state index in [0.29, 0.717) is 23.5 Å². The van der Waals surface area contributed by atoms with Crippen LogP contribution in [-0.2, 0) is 4.79 Å². The van der Waals surface area contributed by atoms with Gasteiger partial charge in [-0.2, -0.15) is 0 Å². The zero-order valence-electron chi connectivity index (χ0n) is 8.41. The molecule has 0 amide bonds. The smallest absolute Gasteiger partial charge is 0.136 e. The summed E-state index contributed by atoms with van der Waals surface area (Å²) >= 11 is 5.36. The predicted molar refractivity (Wildman–Crippen MR) is 65.2 cm³/mol. The molecule has 0 bridgehead atoms. The maximum Gasteiger partial charge on any atom is 0.136 e. The first-order valence-corrected chi connectivity index (χ1v) is 7.14. The highest BCUT2D eigenvalue weighted by atomic mass is 79.9. The van der Waals surface area contributed by atoms with Crippen LogP contribution in [0.4, 0.5) is 0 Å². The molecule has 1 aromatic rings. The van der Waals surface area contributed by atoms with Crippen molar-refractivity contribution >= 4 is 33.0 Å². The number of Topliss-reactive ketones (excluding diaryl/α,β-unsaturated/α-hetero) is 1. The first-order chi connectivity index (χ1) is 7.25. The summed E-state index contributed by atoms with van der Waals surface area (Å²) < 4.78 is 1.21. The molecule has 3 atom stereocenters. The minimum absolute atomic E-state index is 0.407. The third kappa shape index (κ3) is 1.60. The van der Waals surface area contributed by atoms with Gasteiger partial charge in [0.1, 0.15) is 5.78 Å². The largest absolute Gasteiger partial charge is 0.299 e. The molecule has 0 saturated heterocycles. The van der Waals surface area contributed by atoms with Crippen molar-refractivity contribution in [2.45, 2.75) is 31.6 Å². The second-order valence-electron chi connectivity index (χ2n) is 4.60. The van der Waals surface area contributed by atoms with Gasteiger partial charge in [0.15, 0.2) is 0 Å². The highest BCUT2D eigenvalue weighted by molar-refractivity contribution is 9.11. The van der Waals surface area contributed by atoms with Crippen LogP contribution in [0, 0.1) is 11.8 Å². The SMILES string of the molecule is O=C1CCC(c2ccc(Br)s2)C2CCC12. The van der Waals surface area contributed by atoms with Gasteiger partial charge in [0.2, 0.25) is 0 Å². The van der Waals surface area contributed by atoms with E-state index in [-0.39, 0.29) is 0 Å². The van der Waals surface area contributed by atoms with Crippen molar-refractivity contribution in [1.82, 2.24) is 0 Å². The molecule has 3 heteroatoms. The Labute approximate surface area is 102 Å². The van der Waals surface area contributed by atoms with E-state index in [4.69, 9.17) is 0 Å². The normalized spacial score (nSPS) is 34.7. The van der Waals surface area contributed by atoms with Gasteiger partial charge >= 0.3 is 0 Å². The Morgan fingerprint density at radius 1 is 1.20 bits per heavy atom. The van der Waals surface area contributed by atoms with Crippen molar-refractivity contribution in [3.63, 3.8) is 0 Å². The lowest BCUT2D eigenvalue weighted by atomic mass is 9.60. The van der Waals surface area contributed by atoms with E-state index in [0.717, 1.165) is 19.3 Å². The number of halogens is 1. The van der Waals surface area contributed by atoms with Gasteiger partial charge in [-0.3, -0.25) is 4.79 Å². The summed E-state index contributed by atoms with van der Waals surface area (Å²) in [5, 5.41) is 0. The molecule has 0 radical (unpaired) electrons. The highest BCUT2D eigenvalue weighted by Gasteiger charge is 2.45. The molecule has 80 valence electrons. The number of carbonyl (C=O) groups excluding carboxylic acids is 1. The number of hydrogen-bond acceptors (Lipinski definition) is 2. The molecular formula is C12H13BrOS. The molecule has 3 unspecified atom stereocenters. The quantitative estimate of drug-likeness (QED) is 0.762. The first kappa shape index (κ1) is 10.0. The summed E-state index contributed by atoms with van der Waals surface area (Å²) in [5.74, 6) is 2.26. The Kier molecular flexibility index (Phi) is 2.48. The molecule has 0 aromatic carbocycles. The van der Waals surface area contributed by atoms with E-state index < -0.39 is 0 Å². The average Bonchev–Trinajstić information content (AvgIpc) is 2.55. The van der Waals surface area contributed by atoms with Crippen molar-refractivity contribution in [3.05, 3.63) is 20.8 Å². The lowest BCUT2D eigenvalue weighted by molar-refractivity contribution is -0.131. The second-order valence-corrected chi connectivity index (χ2v) is 7.10. The van der Waals surface area contributed by atoms with E-state index in [2.05, 4.69) is 28.1 Å². The third-order valence-corrected chi connectivity index (χ3v) is 5.67. The Hall–Kier alpha value is -0.150. The van der Waals surface area contributed by atoms with E-state index >= 15 is 0 Å². The van der Waals surface area contributed by atoms with Crippen molar-refractivity contribution in [2.24, 2.45) is 11.8 Å². The molecule has 0 aliphatic heterocycles. The van der Waals surface area contributed by atoms with Crippen LogP contribution in [0.1, 0.15) is 36.5 Å². The Morgan fingerprint density at radius 3 is 2.67 bits per heavy atom. The first-order valence-electron chi connectivity index (χ1n) is 5.53. The molecule has 3 rings (SSSR count). The summed E-state index contributed by atoms with van der Waals surface area (Å²) in [4.78, 5) is 13.1. The third-order valence-electron chi connectivity index (χ3n) is 3.92. The molecule has 0 N–H and O–H groups in total. The van der Waals surface area contributed by atoms with E-state index in [1.165, 1.54) is 15.1 Å². The molecule has 0 spiro atoms. The van der Waals surface area contributed by atoms with E-state index in [9.17, 15) is 4.79 Å². The van der Waals surface area contributed by atoms with E-state index in [1.807, 2.05) is 11.3 Å². The van der Waals surface area contributed by atoms with Crippen LogP contribution in [0.25, 0.3) is 0 Å². The van der Waals surface area contributed by atoms with Crippen molar-refractivity contribution in [1.29, 1.82) is 0 Å². The van der Waals surface area contributed by atoms with Crippen LogP contribution in [0.5, 0.6) is 0 Å². The van der Waals surface area contributed by atoms with Gasteiger partial charge in [-0.05, 0) is 59.2 Å². The average molecular weight is 285 g/mol. The summed E-state index contributed by atoms with van der Waals surface area (Å²) in [7, 11) is 0. The Balaban J connectivity index is 1.85. The standard InChI is InChI=1S/C12H13BrOS/c13-12-6-5-11(15-12)9-3-4-10(14)8-2-1-7(8)9/h5-9H,1-4H2. The summed E-state index contributed by atoms with van der Waals surface area (Å²) in [5.41, 5.74) is 0. The molecule has 1 nitrogen and oxygen atoms in total. The molecular weight excluding hydrogens is 272 g/mol. The topological polar surface area (TPSA) is 17.1 Å². The fraction of sp³-hybridized carbons (Fsp3) is 0.583. The van der Waals surface area contributed by atoms with Crippen LogP contribution in [-0.4, -0.2) is 5.78 Å². The number of hydrogen-bond donors (Lipinski definition) is 0. The zero-order chi connectivity index (χ0) is 10.4. The van der Waals surface area contributed by atoms with Crippen LogP contribution < -0.4 is 0 Å². The van der Waals surface area contributed by atoms with Crippen molar-refractivity contribution in [3.8, 4) is 0 Å². The number of fused-ring (bicyclic) bond motifs is 1. The van der Waals surface area contributed by atoms with Crippen molar-refractivity contribution < 1.29 is 4.79 Å². The van der Waals surface area contributed by atoms with Gasteiger partial charge in [-0.1, -0.05) is 0 Å². The highest BCUT2D eigenvalue weighted by Crippen LogP contribution is 2.51. The van der Waals surface area contributed by atoms with Gasteiger partial charge in [-0.15, -0.1) is 11.3 Å². The molecule has 2 aliphatic rings. The minimum Gasteiger partial charge on any atom is -0.299 e. The molecule has 2 aliphatic carbocycles. The lowest BCUT2D eigenvalue weighted by Crippen LogP contribution is -2.40. The summed E-state index contributed by atoms with van der Waals surface area (Å²) in [6.07, 6.45) is 4.29. The molecule has 1 heterocycles. The number of thiophene rings is 1. The van der Waals surface area contributed by atoms with Gasteiger partial charge in [0.25, 0.3) is 0 Å². The molecule has 1 aromatic heterocycles. The number of carbonyl (C=O) groups is 1. The van der Waals surface area contributed by atoms with Crippen molar-refractivity contribution in [2.75, 3.05) is 0 Å². The van der Waals surface area contributed by atoms with Crippen LogP contribution >= 0.6 is 27.3 Å². The maximum absolute atomic E-state index is 11.6. The Morgan fingerprint density at radius 2 is 2.07 bits per heavy atom. The summed E-state index contributed by atoms with van der Waals surface area (Å²) in [6, 6.07) is 4.36. The van der Waals surface area contributed by atoms with E-state index in [1.54, 1.807) is 0 Å². The fourth-order valence-corrected chi connectivity index (χ4v) is 4.62. The number of ketones is 1. The van der Waals surface area contributed by atoms with Gasteiger partial charge in [0.05, 0.1) is 3.79 Å². The minimum atomic E-state index is 0.407.